The van der Waals surface area contributed by atoms with E-state index < -0.39 is 0 Å². The van der Waals surface area contributed by atoms with Crippen LogP contribution in [0.15, 0.2) is 42.5 Å². The molecule has 2 N–H and O–H groups in total. The van der Waals surface area contributed by atoms with Gasteiger partial charge >= 0.3 is 0 Å². The normalized spacial score (nSPS) is 10.4. The maximum atomic E-state index is 6.07. The fourth-order valence-electron chi connectivity index (χ4n) is 1.88. The molecule has 0 spiro atoms. The minimum Gasteiger partial charge on any atom is -0.493 e. The first-order valence-corrected chi connectivity index (χ1v) is 6.82. The second-order valence-corrected chi connectivity index (χ2v) is 4.85. The molecular weight excluding hydrogens is 258 g/mol. The molecule has 2 aromatic rings. The molecule has 0 atom stereocenters. The number of halogens is 1. The van der Waals surface area contributed by atoms with Gasteiger partial charge in [-0.3, -0.25) is 0 Å². The molecule has 0 amide bonds. The summed E-state index contributed by atoms with van der Waals surface area (Å²) < 4.78 is 5.75. The zero-order valence-electron chi connectivity index (χ0n) is 11.0. The van der Waals surface area contributed by atoms with E-state index in [4.69, 9.17) is 22.1 Å². The summed E-state index contributed by atoms with van der Waals surface area (Å²) in [5.41, 5.74) is 8.77. The molecule has 0 radical (unpaired) electrons. The van der Waals surface area contributed by atoms with Crippen molar-refractivity contribution in [3.8, 4) is 5.75 Å². The van der Waals surface area contributed by atoms with Crippen molar-refractivity contribution < 1.29 is 4.74 Å². The quantitative estimate of drug-likeness (QED) is 0.834. The lowest BCUT2D eigenvalue weighted by atomic mass is 10.1. The summed E-state index contributed by atoms with van der Waals surface area (Å²) in [6.45, 7) is 2.73. The summed E-state index contributed by atoms with van der Waals surface area (Å²) >= 11 is 6.07. The van der Waals surface area contributed by atoms with Gasteiger partial charge in [-0.25, -0.2) is 0 Å². The Hall–Kier alpha value is -1.67. The van der Waals surface area contributed by atoms with Gasteiger partial charge in [0.25, 0.3) is 0 Å². The van der Waals surface area contributed by atoms with Crippen molar-refractivity contribution in [1.29, 1.82) is 0 Å². The number of hydrogen-bond acceptors (Lipinski definition) is 2. The number of benzene rings is 2. The van der Waals surface area contributed by atoms with Gasteiger partial charge in [0.05, 0.1) is 6.61 Å². The lowest BCUT2D eigenvalue weighted by Crippen LogP contribution is -2.02. The molecule has 0 aliphatic rings. The molecule has 0 fully saturated rings. The third kappa shape index (κ3) is 3.90. The Morgan fingerprint density at radius 1 is 1.11 bits per heavy atom. The average molecular weight is 276 g/mol. The molecule has 0 aliphatic carbocycles. The number of anilines is 1. The molecule has 0 saturated carbocycles. The van der Waals surface area contributed by atoms with E-state index in [0.717, 1.165) is 34.9 Å². The molecule has 0 aromatic heterocycles. The first-order chi connectivity index (χ1) is 9.19. The molecule has 3 heteroatoms. The van der Waals surface area contributed by atoms with Crippen LogP contribution < -0.4 is 10.5 Å². The number of ether oxygens (including phenoxy) is 1. The van der Waals surface area contributed by atoms with E-state index in [1.807, 2.05) is 42.5 Å². The van der Waals surface area contributed by atoms with Crippen LogP contribution in [-0.4, -0.2) is 6.61 Å². The van der Waals surface area contributed by atoms with Crippen LogP contribution in [0.25, 0.3) is 0 Å². The second kappa shape index (κ2) is 6.48. The van der Waals surface area contributed by atoms with Crippen molar-refractivity contribution in [2.24, 2.45) is 0 Å². The fourth-order valence-corrected chi connectivity index (χ4v) is 2.13. The fraction of sp³-hybridized carbons (Fsp3) is 0.250. The Bertz CT molecular complexity index is 537. The van der Waals surface area contributed by atoms with Crippen molar-refractivity contribution in [2.75, 3.05) is 12.3 Å². The first kappa shape index (κ1) is 13.8. The summed E-state index contributed by atoms with van der Waals surface area (Å²) in [5.74, 6) is 0.872. The van der Waals surface area contributed by atoms with Crippen LogP contribution in [0.3, 0.4) is 0 Å². The van der Waals surface area contributed by atoms with E-state index in [2.05, 4.69) is 6.92 Å². The topological polar surface area (TPSA) is 35.2 Å². The molecule has 2 nitrogen and oxygen atoms in total. The van der Waals surface area contributed by atoms with Crippen molar-refractivity contribution in [2.45, 2.75) is 19.8 Å². The average Bonchev–Trinajstić information content (AvgIpc) is 2.43. The third-order valence-corrected chi connectivity index (χ3v) is 3.41. The summed E-state index contributed by atoms with van der Waals surface area (Å²) in [6, 6.07) is 13.7. The van der Waals surface area contributed by atoms with E-state index in [9.17, 15) is 0 Å². The molecule has 0 heterocycles. The zero-order chi connectivity index (χ0) is 13.7. The minimum atomic E-state index is 0.648. The SMILES string of the molecule is CCc1cc(OCCc2ccc(N)cc2)ccc1Cl. The van der Waals surface area contributed by atoms with Crippen molar-refractivity contribution in [3.63, 3.8) is 0 Å². The molecule has 100 valence electrons. The highest BCUT2D eigenvalue weighted by Gasteiger charge is 2.01. The van der Waals surface area contributed by atoms with E-state index in [0.29, 0.717) is 6.61 Å². The Morgan fingerprint density at radius 3 is 2.53 bits per heavy atom. The summed E-state index contributed by atoms with van der Waals surface area (Å²) in [5, 5.41) is 0.799. The highest BCUT2D eigenvalue weighted by molar-refractivity contribution is 6.31. The molecule has 0 saturated heterocycles. The highest BCUT2D eigenvalue weighted by Crippen LogP contribution is 2.22. The standard InChI is InChI=1S/C16H18ClNO/c1-2-13-11-15(7-8-16(13)17)19-10-9-12-3-5-14(18)6-4-12/h3-8,11H,2,9-10,18H2,1H3. The maximum Gasteiger partial charge on any atom is 0.119 e. The Kier molecular flexibility index (Phi) is 4.69. The van der Waals surface area contributed by atoms with Crippen molar-refractivity contribution >= 4 is 17.3 Å². The van der Waals surface area contributed by atoms with Gasteiger partial charge in [-0.2, -0.15) is 0 Å². The Morgan fingerprint density at radius 2 is 1.84 bits per heavy atom. The van der Waals surface area contributed by atoms with Crippen LogP contribution in [-0.2, 0) is 12.8 Å². The lowest BCUT2D eigenvalue weighted by molar-refractivity contribution is 0.321. The number of nitrogens with two attached hydrogens (primary N) is 1. The molecule has 19 heavy (non-hydrogen) atoms. The van der Waals surface area contributed by atoms with Crippen LogP contribution in [0.2, 0.25) is 5.02 Å². The molecule has 2 aromatic carbocycles. The highest BCUT2D eigenvalue weighted by atomic mass is 35.5. The van der Waals surface area contributed by atoms with Crippen LogP contribution in [0.1, 0.15) is 18.1 Å². The van der Waals surface area contributed by atoms with Crippen LogP contribution in [0.5, 0.6) is 5.75 Å². The second-order valence-electron chi connectivity index (χ2n) is 4.45. The van der Waals surface area contributed by atoms with E-state index in [1.165, 1.54) is 5.56 Å². The summed E-state index contributed by atoms with van der Waals surface area (Å²) in [6.07, 6.45) is 1.78. The van der Waals surface area contributed by atoms with Crippen molar-refractivity contribution in [1.82, 2.24) is 0 Å². The molecule has 0 unspecified atom stereocenters. The predicted molar refractivity (Wildman–Crippen MR) is 80.9 cm³/mol. The summed E-state index contributed by atoms with van der Waals surface area (Å²) in [7, 11) is 0. The lowest BCUT2D eigenvalue weighted by Gasteiger charge is -2.09. The number of rotatable bonds is 5. The number of nitrogen functional groups attached to an aromatic ring is 1. The van der Waals surface area contributed by atoms with Gasteiger partial charge in [0.15, 0.2) is 0 Å². The Balaban J connectivity index is 1.90. The maximum absolute atomic E-state index is 6.07. The van der Waals surface area contributed by atoms with Crippen LogP contribution in [0.4, 0.5) is 5.69 Å². The molecular formula is C16H18ClNO. The predicted octanol–water partition coefficient (Wildman–Crippen LogP) is 4.11. The number of aryl methyl sites for hydroxylation is 1. The largest absolute Gasteiger partial charge is 0.493 e. The number of hydrogen-bond donors (Lipinski definition) is 1. The van der Waals surface area contributed by atoms with E-state index in [1.54, 1.807) is 0 Å². The van der Waals surface area contributed by atoms with Gasteiger partial charge in [-0.05, 0) is 47.9 Å². The third-order valence-electron chi connectivity index (χ3n) is 3.04. The monoisotopic (exact) mass is 275 g/mol. The molecule has 0 bridgehead atoms. The van der Waals surface area contributed by atoms with E-state index >= 15 is 0 Å². The first-order valence-electron chi connectivity index (χ1n) is 6.44. The Labute approximate surface area is 119 Å². The summed E-state index contributed by atoms with van der Waals surface area (Å²) in [4.78, 5) is 0. The molecule has 2 rings (SSSR count). The van der Waals surface area contributed by atoms with Gasteiger partial charge in [-0.15, -0.1) is 0 Å². The van der Waals surface area contributed by atoms with Gasteiger partial charge < -0.3 is 10.5 Å². The van der Waals surface area contributed by atoms with Crippen LogP contribution in [0, 0.1) is 0 Å². The zero-order valence-corrected chi connectivity index (χ0v) is 11.8. The van der Waals surface area contributed by atoms with Gasteiger partial charge in [0.1, 0.15) is 5.75 Å². The van der Waals surface area contributed by atoms with E-state index in [-0.39, 0.29) is 0 Å². The smallest absolute Gasteiger partial charge is 0.119 e. The van der Waals surface area contributed by atoms with Crippen LogP contribution >= 0.6 is 11.6 Å². The van der Waals surface area contributed by atoms with Crippen molar-refractivity contribution in [3.05, 3.63) is 58.6 Å². The minimum absolute atomic E-state index is 0.648. The van der Waals surface area contributed by atoms with Gasteiger partial charge in [-0.1, -0.05) is 30.7 Å². The van der Waals surface area contributed by atoms with Gasteiger partial charge in [0, 0.05) is 17.1 Å². The molecule has 0 aliphatic heterocycles. The van der Waals surface area contributed by atoms with Gasteiger partial charge in [0.2, 0.25) is 0 Å².